The smallest absolute Gasteiger partial charge is 0.225 e. The number of fused-ring (bicyclic) bond motifs is 3. The lowest BCUT2D eigenvalue weighted by atomic mass is 10.2. The lowest BCUT2D eigenvalue weighted by Crippen LogP contribution is -2.47. The molecule has 1 aliphatic heterocycles. The Morgan fingerprint density at radius 2 is 1.85 bits per heavy atom. The minimum absolute atomic E-state index is 0.212. The fraction of sp³-hybridized carbons (Fsp3) is 0.273. The highest BCUT2D eigenvalue weighted by atomic mass is 19.1. The van der Waals surface area contributed by atoms with Gasteiger partial charge in [-0.1, -0.05) is 0 Å². The third kappa shape index (κ3) is 3.52. The second kappa shape index (κ2) is 8.06. The number of piperazine rings is 1. The molecule has 1 saturated heterocycles. The SMILES string of the molecule is Nc1nc2c(ncn2CCN2CCN(c3ccc(F)cc3F)CC2)c2nc(-c3ccco3)nn12. The molecule has 0 bridgehead atoms. The molecule has 0 spiro atoms. The van der Waals surface area contributed by atoms with Gasteiger partial charge in [-0.25, -0.2) is 18.7 Å². The van der Waals surface area contributed by atoms with Crippen molar-refractivity contribution in [2.24, 2.45) is 0 Å². The van der Waals surface area contributed by atoms with Crippen LogP contribution in [0.4, 0.5) is 20.4 Å². The second-order valence-corrected chi connectivity index (χ2v) is 8.15. The van der Waals surface area contributed by atoms with Gasteiger partial charge in [-0.15, -0.1) is 5.10 Å². The molecule has 34 heavy (non-hydrogen) atoms. The van der Waals surface area contributed by atoms with Gasteiger partial charge in [0.25, 0.3) is 0 Å². The zero-order valence-electron chi connectivity index (χ0n) is 18.1. The molecule has 0 radical (unpaired) electrons. The lowest BCUT2D eigenvalue weighted by Gasteiger charge is -2.36. The third-order valence-corrected chi connectivity index (χ3v) is 6.09. The quantitative estimate of drug-likeness (QED) is 0.422. The molecule has 0 aliphatic carbocycles. The normalized spacial score (nSPS) is 15.1. The summed E-state index contributed by atoms with van der Waals surface area (Å²) in [6, 6.07) is 7.25. The van der Waals surface area contributed by atoms with Crippen LogP contribution in [0.5, 0.6) is 0 Å². The van der Waals surface area contributed by atoms with Crippen LogP contribution in [0.2, 0.25) is 0 Å². The van der Waals surface area contributed by atoms with Crippen molar-refractivity contribution in [3.8, 4) is 11.6 Å². The Morgan fingerprint density at radius 3 is 2.62 bits per heavy atom. The summed E-state index contributed by atoms with van der Waals surface area (Å²) in [5.74, 6) is 0.0649. The molecule has 0 saturated carbocycles. The molecule has 5 heterocycles. The molecule has 12 heteroatoms. The number of hydrogen-bond acceptors (Lipinski definition) is 8. The van der Waals surface area contributed by atoms with E-state index in [-0.39, 0.29) is 5.95 Å². The Labute approximate surface area is 192 Å². The zero-order valence-corrected chi connectivity index (χ0v) is 18.1. The predicted octanol–water partition coefficient (Wildman–Crippen LogP) is 2.42. The Morgan fingerprint density at radius 1 is 1.00 bits per heavy atom. The van der Waals surface area contributed by atoms with Gasteiger partial charge in [0, 0.05) is 45.3 Å². The molecular formula is C22H21F2N9O. The largest absolute Gasteiger partial charge is 0.461 e. The molecule has 1 aliphatic rings. The van der Waals surface area contributed by atoms with Gasteiger partial charge in [0.2, 0.25) is 11.8 Å². The Hall–Kier alpha value is -4.06. The Bertz CT molecular complexity index is 1470. The Kier molecular flexibility index (Phi) is 4.87. The van der Waals surface area contributed by atoms with E-state index < -0.39 is 11.6 Å². The number of nitrogen functional groups attached to an aromatic ring is 1. The third-order valence-electron chi connectivity index (χ3n) is 6.09. The summed E-state index contributed by atoms with van der Waals surface area (Å²) in [4.78, 5) is 17.8. The minimum Gasteiger partial charge on any atom is -0.461 e. The van der Waals surface area contributed by atoms with Gasteiger partial charge in [0.1, 0.15) is 11.6 Å². The highest BCUT2D eigenvalue weighted by molar-refractivity contribution is 5.87. The Balaban J connectivity index is 1.17. The minimum atomic E-state index is -0.567. The fourth-order valence-corrected chi connectivity index (χ4v) is 4.30. The summed E-state index contributed by atoms with van der Waals surface area (Å²) in [6.07, 6.45) is 3.28. The number of imidazole rings is 1. The molecule has 6 rings (SSSR count). The van der Waals surface area contributed by atoms with E-state index in [9.17, 15) is 8.78 Å². The van der Waals surface area contributed by atoms with Crippen molar-refractivity contribution in [3.05, 3.63) is 54.6 Å². The number of benzene rings is 1. The predicted molar refractivity (Wildman–Crippen MR) is 121 cm³/mol. The molecule has 2 N–H and O–H groups in total. The number of halogens is 2. The number of nitrogens with two attached hydrogens (primary N) is 1. The highest BCUT2D eigenvalue weighted by Gasteiger charge is 2.21. The van der Waals surface area contributed by atoms with E-state index in [1.807, 2.05) is 9.47 Å². The van der Waals surface area contributed by atoms with Crippen molar-refractivity contribution < 1.29 is 13.2 Å². The average Bonchev–Trinajstić information content (AvgIpc) is 3.58. The number of furan rings is 1. The van der Waals surface area contributed by atoms with E-state index in [4.69, 9.17) is 10.2 Å². The number of aromatic nitrogens is 6. The molecule has 4 aromatic heterocycles. The average molecular weight is 465 g/mol. The van der Waals surface area contributed by atoms with Gasteiger partial charge >= 0.3 is 0 Å². The summed E-state index contributed by atoms with van der Waals surface area (Å²) in [7, 11) is 0. The van der Waals surface area contributed by atoms with Crippen LogP contribution in [0.15, 0.2) is 47.3 Å². The molecule has 0 unspecified atom stereocenters. The van der Waals surface area contributed by atoms with Gasteiger partial charge in [-0.3, -0.25) is 4.90 Å². The number of nitrogens with zero attached hydrogens (tertiary/aromatic N) is 8. The van der Waals surface area contributed by atoms with Gasteiger partial charge in [0.15, 0.2) is 22.6 Å². The molecule has 10 nitrogen and oxygen atoms in total. The van der Waals surface area contributed by atoms with E-state index in [1.165, 1.54) is 16.6 Å². The van der Waals surface area contributed by atoms with E-state index in [0.717, 1.165) is 25.7 Å². The summed E-state index contributed by atoms with van der Waals surface area (Å²) in [5, 5.41) is 4.39. The molecule has 1 aromatic carbocycles. The topological polar surface area (TPSA) is 107 Å². The first-order valence-electron chi connectivity index (χ1n) is 10.9. The monoisotopic (exact) mass is 465 g/mol. The molecule has 1 fully saturated rings. The van der Waals surface area contributed by atoms with Crippen LogP contribution in [0.1, 0.15) is 0 Å². The van der Waals surface area contributed by atoms with Crippen LogP contribution in [0.3, 0.4) is 0 Å². The summed E-state index contributed by atoms with van der Waals surface area (Å²) in [6.45, 7) is 4.27. The van der Waals surface area contributed by atoms with Crippen LogP contribution in [-0.2, 0) is 6.54 Å². The van der Waals surface area contributed by atoms with Crippen molar-refractivity contribution in [3.63, 3.8) is 0 Å². The maximum atomic E-state index is 14.1. The molecular weight excluding hydrogens is 444 g/mol. The maximum Gasteiger partial charge on any atom is 0.225 e. The second-order valence-electron chi connectivity index (χ2n) is 8.15. The zero-order chi connectivity index (χ0) is 23.2. The number of hydrogen-bond donors (Lipinski definition) is 1. The van der Waals surface area contributed by atoms with E-state index >= 15 is 0 Å². The van der Waals surface area contributed by atoms with Crippen molar-refractivity contribution >= 4 is 28.4 Å². The summed E-state index contributed by atoms with van der Waals surface area (Å²) < 4.78 is 36.1. The van der Waals surface area contributed by atoms with Gasteiger partial charge in [-0.05, 0) is 24.3 Å². The van der Waals surface area contributed by atoms with Crippen LogP contribution in [0.25, 0.3) is 28.4 Å². The summed E-state index contributed by atoms with van der Waals surface area (Å²) >= 11 is 0. The first-order chi connectivity index (χ1) is 16.6. The van der Waals surface area contributed by atoms with E-state index in [0.29, 0.717) is 53.7 Å². The van der Waals surface area contributed by atoms with Gasteiger partial charge in [-0.2, -0.15) is 9.50 Å². The van der Waals surface area contributed by atoms with Crippen molar-refractivity contribution in [1.29, 1.82) is 0 Å². The lowest BCUT2D eigenvalue weighted by molar-refractivity contribution is 0.248. The fourth-order valence-electron chi connectivity index (χ4n) is 4.30. The van der Waals surface area contributed by atoms with Crippen LogP contribution >= 0.6 is 0 Å². The van der Waals surface area contributed by atoms with Crippen molar-refractivity contribution in [1.82, 2.24) is 34.0 Å². The van der Waals surface area contributed by atoms with E-state index in [1.54, 1.807) is 24.7 Å². The van der Waals surface area contributed by atoms with Gasteiger partial charge in [0.05, 0.1) is 18.3 Å². The molecule has 0 atom stereocenters. The first kappa shape index (κ1) is 20.5. The van der Waals surface area contributed by atoms with Gasteiger partial charge < -0.3 is 19.6 Å². The van der Waals surface area contributed by atoms with Crippen molar-refractivity contribution in [2.75, 3.05) is 43.4 Å². The van der Waals surface area contributed by atoms with E-state index in [2.05, 4.69) is 25.0 Å². The molecule has 174 valence electrons. The van der Waals surface area contributed by atoms with Crippen LogP contribution in [-0.4, -0.2) is 66.8 Å². The number of anilines is 2. The maximum absolute atomic E-state index is 14.1. The molecule has 0 amide bonds. The molecule has 5 aromatic rings. The van der Waals surface area contributed by atoms with Crippen LogP contribution in [0, 0.1) is 11.6 Å². The highest BCUT2D eigenvalue weighted by Crippen LogP contribution is 2.24. The summed E-state index contributed by atoms with van der Waals surface area (Å²) in [5.41, 5.74) is 8.35. The van der Waals surface area contributed by atoms with Crippen molar-refractivity contribution in [2.45, 2.75) is 6.54 Å². The van der Waals surface area contributed by atoms with Crippen LogP contribution < -0.4 is 10.6 Å². The number of rotatable bonds is 5. The standard InChI is InChI=1S/C22H21F2N9O/c23-14-3-4-16(15(24)12-14)31-8-5-30(6-9-31)7-10-32-13-26-18-20(32)28-22(25)33-21(18)27-19(29-33)17-2-1-11-34-17/h1-4,11-13H,5-10H2,(H2,25,28). The first-order valence-corrected chi connectivity index (χ1v) is 10.9.